The first kappa shape index (κ1) is 21.9. The molecular formula is C21H25N3O5. The Kier molecular flexibility index (Phi) is 8.17. The van der Waals surface area contributed by atoms with E-state index in [2.05, 4.69) is 10.6 Å². The largest absolute Gasteiger partial charge is 0.480 e. The van der Waals surface area contributed by atoms with Gasteiger partial charge in [0.05, 0.1) is 6.54 Å². The lowest BCUT2D eigenvalue weighted by atomic mass is 10.2. The van der Waals surface area contributed by atoms with Gasteiger partial charge in [0.15, 0.2) is 0 Å². The molecular weight excluding hydrogens is 374 g/mol. The van der Waals surface area contributed by atoms with E-state index in [1.807, 2.05) is 30.3 Å². The Morgan fingerprint density at radius 1 is 1.07 bits per heavy atom. The Balaban J connectivity index is 1.98. The van der Waals surface area contributed by atoms with Gasteiger partial charge in [-0.05, 0) is 31.2 Å². The minimum absolute atomic E-state index is 0.128. The van der Waals surface area contributed by atoms with Gasteiger partial charge in [-0.3, -0.25) is 19.3 Å². The van der Waals surface area contributed by atoms with E-state index >= 15 is 0 Å². The third-order valence-corrected chi connectivity index (χ3v) is 4.12. The molecule has 2 rings (SSSR count). The summed E-state index contributed by atoms with van der Waals surface area (Å²) in [4.78, 5) is 36.3. The lowest BCUT2D eigenvalue weighted by molar-refractivity contribution is -0.142. The second-order valence-corrected chi connectivity index (χ2v) is 6.46. The summed E-state index contributed by atoms with van der Waals surface area (Å²) >= 11 is 0. The maximum atomic E-state index is 12.4. The summed E-state index contributed by atoms with van der Waals surface area (Å²) in [6.45, 7) is 3.23. The highest BCUT2D eigenvalue weighted by Crippen LogP contribution is 2.23. The Morgan fingerprint density at radius 2 is 1.76 bits per heavy atom. The second kappa shape index (κ2) is 10.8. The quantitative estimate of drug-likeness (QED) is 0.566. The van der Waals surface area contributed by atoms with Crippen LogP contribution in [0.25, 0.3) is 0 Å². The van der Waals surface area contributed by atoms with Crippen LogP contribution in [0.5, 0.6) is 11.5 Å². The smallest absolute Gasteiger partial charge is 0.320 e. The van der Waals surface area contributed by atoms with Gasteiger partial charge in [-0.15, -0.1) is 0 Å². The van der Waals surface area contributed by atoms with E-state index in [1.54, 1.807) is 24.3 Å². The number of carboxylic acid groups (broad SMARTS) is 1. The molecule has 0 aliphatic heterocycles. The zero-order valence-electron chi connectivity index (χ0n) is 16.4. The van der Waals surface area contributed by atoms with Gasteiger partial charge in [0, 0.05) is 31.8 Å². The number of nitrogens with zero attached hydrogens (tertiary/aromatic N) is 1. The number of benzene rings is 2. The Hall–Kier alpha value is -3.39. The number of para-hydroxylation sites is 1. The lowest BCUT2D eigenvalue weighted by Crippen LogP contribution is -2.46. The highest BCUT2D eigenvalue weighted by Gasteiger charge is 2.22. The van der Waals surface area contributed by atoms with Crippen LogP contribution in [0.15, 0.2) is 54.6 Å². The summed E-state index contributed by atoms with van der Waals surface area (Å²) in [5, 5.41) is 14.6. The van der Waals surface area contributed by atoms with Crippen LogP contribution in [0.3, 0.4) is 0 Å². The van der Waals surface area contributed by atoms with Gasteiger partial charge in [0.2, 0.25) is 11.8 Å². The van der Waals surface area contributed by atoms with E-state index in [-0.39, 0.29) is 31.4 Å². The third kappa shape index (κ3) is 7.63. The van der Waals surface area contributed by atoms with Gasteiger partial charge < -0.3 is 20.5 Å². The van der Waals surface area contributed by atoms with Crippen molar-refractivity contribution in [2.24, 2.45) is 0 Å². The molecule has 0 spiro atoms. The molecule has 0 fully saturated rings. The van der Waals surface area contributed by atoms with Crippen LogP contribution >= 0.6 is 0 Å². The molecule has 1 atom stereocenters. The molecule has 3 N–H and O–H groups in total. The van der Waals surface area contributed by atoms with E-state index in [0.29, 0.717) is 17.2 Å². The molecule has 0 saturated heterocycles. The average Bonchev–Trinajstić information content (AvgIpc) is 2.67. The van der Waals surface area contributed by atoms with Crippen molar-refractivity contribution < 1.29 is 24.2 Å². The molecule has 0 aliphatic rings. The van der Waals surface area contributed by atoms with Crippen LogP contribution < -0.4 is 15.4 Å². The molecule has 8 nitrogen and oxygen atoms in total. The summed E-state index contributed by atoms with van der Waals surface area (Å²) in [5.74, 6) is -0.380. The second-order valence-electron chi connectivity index (χ2n) is 6.46. The Morgan fingerprint density at radius 3 is 2.41 bits per heavy atom. The van der Waals surface area contributed by atoms with Crippen molar-refractivity contribution in [2.45, 2.75) is 19.9 Å². The topological polar surface area (TPSA) is 108 Å². The number of carbonyl (C=O) groups excluding carboxylic acids is 2. The molecule has 8 heteroatoms. The zero-order chi connectivity index (χ0) is 21.2. The minimum Gasteiger partial charge on any atom is -0.480 e. The highest BCUT2D eigenvalue weighted by atomic mass is 16.5. The van der Waals surface area contributed by atoms with E-state index in [0.717, 1.165) is 0 Å². The maximum Gasteiger partial charge on any atom is 0.320 e. The van der Waals surface area contributed by atoms with Gasteiger partial charge in [-0.1, -0.05) is 24.3 Å². The normalized spacial score (nSPS) is 11.6. The van der Waals surface area contributed by atoms with Crippen LogP contribution in [0.4, 0.5) is 5.69 Å². The van der Waals surface area contributed by atoms with Crippen LogP contribution in [0.2, 0.25) is 0 Å². The number of ether oxygens (including phenoxy) is 1. The molecule has 0 saturated carbocycles. The summed E-state index contributed by atoms with van der Waals surface area (Å²) in [6.07, 6.45) is 0. The Labute approximate surface area is 169 Å². The van der Waals surface area contributed by atoms with Gasteiger partial charge in [0.1, 0.15) is 17.5 Å². The van der Waals surface area contributed by atoms with Crippen LogP contribution in [0.1, 0.15) is 13.8 Å². The van der Waals surface area contributed by atoms with Gasteiger partial charge in [0.25, 0.3) is 0 Å². The number of carboxylic acids is 1. The summed E-state index contributed by atoms with van der Waals surface area (Å²) in [5.41, 5.74) is 0.535. The zero-order valence-corrected chi connectivity index (χ0v) is 16.4. The number of amides is 2. The molecule has 2 amide bonds. The number of aliphatic carboxylic acids is 1. The van der Waals surface area contributed by atoms with E-state index < -0.39 is 12.0 Å². The van der Waals surface area contributed by atoms with Crippen molar-refractivity contribution in [1.82, 2.24) is 10.2 Å². The predicted octanol–water partition coefficient (Wildman–Crippen LogP) is 2.33. The van der Waals surface area contributed by atoms with Gasteiger partial charge in [-0.25, -0.2) is 0 Å². The fraction of sp³-hybridized carbons (Fsp3) is 0.286. The Bertz CT molecular complexity index is 841. The van der Waals surface area contributed by atoms with Crippen molar-refractivity contribution in [3.8, 4) is 11.5 Å². The van der Waals surface area contributed by atoms with Crippen molar-refractivity contribution in [2.75, 3.05) is 25.0 Å². The number of rotatable bonds is 10. The molecule has 0 radical (unpaired) electrons. The number of hydrogen-bond acceptors (Lipinski definition) is 5. The summed E-state index contributed by atoms with van der Waals surface area (Å²) in [7, 11) is 0. The molecule has 0 aliphatic carbocycles. The SMILES string of the molecule is CC(=O)NCCN(CC(=O)Nc1cccc(Oc2ccccc2)c1)C(C)C(=O)O. The third-order valence-electron chi connectivity index (χ3n) is 4.12. The fourth-order valence-corrected chi connectivity index (χ4v) is 2.59. The standard InChI is InChI=1S/C21H25N3O5/c1-15(21(27)28)24(12-11-22-16(2)25)14-20(26)23-17-7-6-10-19(13-17)29-18-8-4-3-5-9-18/h3-10,13,15H,11-12,14H2,1-2H3,(H,22,25)(H,23,26)(H,27,28). The van der Waals surface area contributed by atoms with Gasteiger partial charge >= 0.3 is 5.97 Å². The van der Waals surface area contributed by atoms with E-state index in [9.17, 15) is 19.5 Å². The van der Waals surface area contributed by atoms with Gasteiger partial charge in [-0.2, -0.15) is 0 Å². The molecule has 2 aromatic rings. The molecule has 2 aromatic carbocycles. The average molecular weight is 399 g/mol. The number of nitrogens with one attached hydrogen (secondary N) is 2. The number of carbonyl (C=O) groups is 3. The fourth-order valence-electron chi connectivity index (χ4n) is 2.59. The van der Waals surface area contributed by atoms with Crippen molar-refractivity contribution in [3.05, 3.63) is 54.6 Å². The first-order valence-electron chi connectivity index (χ1n) is 9.19. The number of hydrogen-bond donors (Lipinski definition) is 3. The van der Waals surface area contributed by atoms with Crippen molar-refractivity contribution in [1.29, 1.82) is 0 Å². The molecule has 0 aromatic heterocycles. The molecule has 1 unspecified atom stereocenters. The van der Waals surface area contributed by atoms with Crippen molar-refractivity contribution >= 4 is 23.5 Å². The van der Waals surface area contributed by atoms with E-state index in [4.69, 9.17) is 4.74 Å². The minimum atomic E-state index is -1.04. The monoisotopic (exact) mass is 399 g/mol. The highest BCUT2D eigenvalue weighted by molar-refractivity contribution is 5.92. The maximum absolute atomic E-state index is 12.4. The lowest BCUT2D eigenvalue weighted by Gasteiger charge is -2.25. The van der Waals surface area contributed by atoms with E-state index in [1.165, 1.54) is 18.7 Å². The number of anilines is 1. The van der Waals surface area contributed by atoms with Crippen molar-refractivity contribution in [3.63, 3.8) is 0 Å². The van der Waals surface area contributed by atoms with Crippen LogP contribution in [-0.4, -0.2) is 53.5 Å². The first-order valence-corrected chi connectivity index (χ1v) is 9.19. The van der Waals surface area contributed by atoms with Crippen LogP contribution in [0, 0.1) is 0 Å². The molecule has 0 heterocycles. The first-order chi connectivity index (χ1) is 13.8. The summed E-state index contributed by atoms with van der Waals surface area (Å²) in [6, 6.07) is 15.3. The predicted molar refractivity (Wildman–Crippen MR) is 109 cm³/mol. The summed E-state index contributed by atoms with van der Waals surface area (Å²) < 4.78 is 5.75. The molecule has 154 valence electrons. The van der Waals surface area contributed by atoms with Crippen LogP contribution in [-0.2, 0) is 14.4 Å². The molecule has 0 bridgehead atoms. The molecule has 29 heavy (non-hydrogen) atoms.